The summed E-state index contributed by atoms with van der Waals surface area (Å²) in [5, 5.41) is 7.19. The standard InChI is InChI=1S/C15H23N3O/c1-11-5-4-6-14(12(11)2)17-15(19)8-7-13-9-16-18(3)10-13/h7-12,14H,4-6H2,1-3H3,(H,17,19)/b8-7+. The number of hydrogen-bond donors (Lipinski definition) is 1. The average molecular weight is 261 g/mol. The molecule has 104 valence electrons. The van der Waals surface area contributed by atoms with Crippen molar-refractivity contribution in [3.63, 3.8) is 0 Å². The zero-order valence-corrected chi connectivity index (χ0v) is 12.0. The van der Waals surface area contributed by atoms with Crippen LogP contribution in [0.25, 0.3) is 6.08 Å². The quantitative estimate of drug-likeness (QED) is 0.849. The molecule has 1 aliphatic carbocycles. The van der Waals surface area contributed by atoms with E-state index < -0.39 is 0 Å². The number of amides is 1. The van der Waals surface area contributed by atoms with Gasteiger partial charge in [-0.05, 0) is 24.3 Å². The van der Waals surface area contributed by atoms with E-state index in [1.165, 1.54) is 12.8 Å². The molecule has 0 bridgehead atoms. The lowest BCUT2D eigenvalue weighted by atomic mass is 9.78. The van der Waals surface area contributed by atoms with E-state index in [-0.39, 0.29) is 5.91 Å². The van der Waals surface area contributed by atoms with Gasteiger partial charge < -0.3 is 5.32 Å². The highest BCUT2D eigenvalue weighted by Gasteiger charge is 2.27. The summed E-state index contributed by atoms with van der Waals surface area (Å²) in [6, 6.07) is 0.315. The molecule has 1 heterocycles. The predicted octanol–water partition coefficient (Wildman–Crippen LogP) is 2.37. The topological polar surface area (TPSA) is 46.9 Å². The van der Waals surface area contributed by atoms with E-state index >= 15 is 0 Å². The molecule has 1 N–H and O–H groups in total. The van der Waals surface area contributed by atoms with Crippen LogP contribution in [0.5, 0.6) is 0 Å². The predicted molar refractivity (Wildman–Crippen MR) is 76.4 cm³/mol. The van der Waals surface area contributed by atoms with Gasteiger partial charge in [0.25, 0.3) is 0 Å². The highest BCUT2D eigenvalue weighted by Crippen LogP contribution is 2.29. The molecule has 0 aliphatic heterocycles. The number of rotatable bonds is 3. The van der Waals surface area contributed by atoms with Crippen molar-refractivity contribution >= 4 is 12.0 Å². The maximum absolute atomic E-state index is 11.9. The lowest BCUT2D eigenvalue weighted by Gasteiger charge is -2.34. The lowest BCUT2D eigenvalue weighted by molar-refractivity contribution is -0.117. The van der Waals surface area contributed by atoms with E-state index in [9.17, 15) is 4.79 Å². The maximum atomic E-state index is 11.9. The van der Waals surface area contributed by atoms with Gasteiger partial charge in [0.05, 0.1) is 6.20 Å². The monoisotopic (exact) mass is 261 g/mol. The Morgan fingerprint density at radius 1 is 1.47 bits per heavy atom. The number of hydrogen-bond acceptors (Lipinski definition) is 2. The molecule has 4 nitrogen and oxygen atoms in total. The minimum atomic E-state index is -0.00481. The molecule has 1 amide bonds. The molecule has 1 saturated carbocycles. The summed E-state index contributed by atoms with van der Waals surface area (Å²) >= 11 is 0. The van der Waals surface area contributed by atoms with Gasteiger partial charge in [0, 0.05) is 30.9 Å². The van der Waals surface area contributed by atoms with Crippen LogP contribution in [0.4, 0.5) is 0 Å². The molecule has 3 unspecified atom stereocenters. The lowest BCUT2D eigenvalue weighted by Crippen LogP contribution is -2.43. The number of nitrogens with zero attached hydrogens (tertiary/aromatic N) is 2. The van der Waals surface area contributed by atoms with Crippen LogP contribution < -0.4 is 5.32 Å². The van der Waals surface area contributed by atoms with Crippen LogP contribution in [0.2, 0.25) is 0 Å². The van der Waals surface area contributed by atoms with Gasteiger partial charge in [0.1, 0.15) is 0 Å². The van der Waals surface area contributed by atoms with Crippen LogP contribution in [0, 0.1) is 11.8 Å². The zero-order chi connectivity index (χ0) is 13.8. The smallest absolute Gasteiger partial charge is 0.244 e. The maximum Gasteiger partial charge on any atom is 0.244 e. The van der Waals surface area contributed by atoms with E-state index in [4.69, 9.17) is 0 Å². The fourth-order valence-electron chi connectivity index (χ4n) is 2.71. The molecule has 2 rings (SSSR count). The molecule has 1 fully saturated rings. The van der Waals surface area contributed by atoms with Gasteiger partial charge in [-0.3, -0.25) is 9.48 Å². The van der Waals surface area contributed by atoms with Gasteiger partial charge in [-0.2, -0.15) is 5.10 Å². The fourth-order valence-corrected chi connectivity index (χ4v) is 2.71. The van der Waals surface area contributed by atoms with Gasteiger partial charge in [-0.15, -0.1) is 0 Å². The fraction of sp³-hybridized carbons (Fsp3) is 0.600. The Kier molecular flexibility index (Phi) is 4.40. The molecule has 1 aliphatic rings. The third-order valence-corrected chi connectivity index (χ3v) is 4.19. The normalized spacial score (nSPS) is 27.6. The van der Waals surface area contributed by atoms with Crippen LogP contribution in [0.1, 0.15) is 38.7 Å². The first-order chi connectivity index (χ1) is 9.06. The second kappa shape index (κ2) is 6.04. The third kappa shape index (κ3) is 3.69. The number of aryl methyl sites for hydroxylation is 1. The second-order valence-electron chi connectivity index (χ2n) is 5.66. The van der Waals surface area contributed by atoms with E-state index in [1.54, 1.807) is 23.0 Å². The third-order valence-electron chi connectivity index (χ3n) is 4.19. The second-order valence-corrected chi connectivity index (χ2v) is 5.66. The zero-order valence-electron chi connectivity index (χ0n) is 12.0. The van der Waals surface area contributed by atoms with Crippen molar-refractivity contribution < 1.29 is 4.79 Å². The highest BCUT2D eigenvalue weighted by atomic mass is 16.1. The summed E-state index contributed by atoms with van der Waals surface area (Å²) in [7, 11) is 1.86. The minimum absolute atomic E-state index is 0.00481. The van der Waals surface area contributed by atoms with Crippen molar-refractivity contribution in [1.82, 2.24) is 15.1 Å². The summed E-state index contributed by atoms with van der Waals surface area (Å²) in [5.41, 5.74) is 0.947. The molecule has 3 atom stereocenters. The Morgan fingerprint density at radius 2 is 2.26 bits per heavy atom. The van der Waals surface area contributed by atoms with E-state index in [0.29, 0.717) is 17.9 Å². The number of carbonyl (C=O) groups is 1. The molecule has 0 saturated heterocycles. The van der Waals surface area contributed by atoms with Crippen LogP contribution in [-0.4, -0.2) is 21.7 Å². The van der Waals surface area contributed by atoms with Gasteiger partial charge in [-0.1, -0.05) is 26.7 Å². The summed E-state index contributed by atoms with van der Waals surface area (Å²) in [4.78, 5) is 11.9. The largest absolute Gasteiger partial charge is 0.350 e. The Labute approximate surface area is 114 Å². The molecule has 0 aromatic carbocycles. The van der Waals surface area contributed by atoms with Crippen molar-refractivity contribution in [3.05, 3.63) is 24.0 Å². The van der Waals surface area contributed by atoms with Crippen molar-refractivity contribution in [2.45, 2.75) is 39.2 Å². The first kappa shape index (κ1) is 13.8. The van der Waals surface area contributed by atoms with Crippen LogP contribution in [0.15, 0.2) is 18.5 Å². The highest BCUT2D eigenvalue weighted by molar-refractivity contribution is 5.91. The van der Waals surface area contributed by atoms with Gasteiger partial charge in [0.15, 0.2) is 0 Å². The SMILES string of the molecule is CC1CCCC(NC(=O)/C=C/c2cnn(C)c2)C1C. The molecule has 19 heavy (non-hydrogen) atoms. The molecule has 1 aromatic heterocycles. The molecule has 0 spiro atoms. The van der Waals surface area contributed by atoms with Crippen molar-refractivity contribution in [1.29, 1.82) is 0 Å². The van der Waals surface area contributed by atoms with Crippen molar-refractivity contribution in [2.24, 2.45) is 18.9 Å². The van der Waals surface area contributed by atoms with E-state index in [2.05, 4.69) is 24.3 Å². The Balaban J connectivity index is 1.88. The van der Waals surface area contributed by atoms with Gasteiger partial charge in [-0.25, -0.2) is 0 Å². The molecular formula is C15H23N3O. The minimum Gasteiger partial charge on any atom is -0.350 e. The summed E-state index contributed by atoms with van der Waals surface area (Å²) in [6.45, 7) is 4.51. The first-order valence-corrected chi connectivity index (χ1v) is 7.03. The van der Waals surface area contributed by atoms with Crippen LogP contribution in [-0.2, 0) is 11.8 Å². The molecular weight excluding hydrogens is 238 g/mol. The Morgan fingerprint density at radius 3 is 2.95 bits per heavy atom. The Bertz CT molecular complexity index is 464. The molecule has 1 aromatic rings. The van der Waals surface area contributed by atoms with Crippen molar-refractivity contribution in [3.8, 4) is 0 Å². The number of aromatic nitrogens is 2. The Hall–Kier alpha value is -1.58. The number of carbonyl (C=O) groups excluding carboxylic acids is 1. The van der Waals surface area contributed by atoms with Crippen molar-refractivity contribution in [2.75, 3.05) is 0 Å². The summed E-state index contributed by atoms with van der Waals surface area (Å²) in [5.74, 6) is 1.25. The van der Waals surface area contributed by atoms with Gasteiger partial charge >= 0.3 is 0 Å². The molecule has 4 heteroatoms. The summed E-state index contributed by atoms with van der Waals surface area (Å²) < 4.78 is 1.72. The van der Waals surface area contributed by atoms with Crippen LogP contribution >= 0.6 is 0 Å². The average Bonchev–Trinajstić information content (AvgIpc) is 2.78. The van der Waals surface area contributed by atoms with E-state index in [0.717, 1.165) is 12.0 Å². The number of nitrogens with one attached hydrogen (secondary N) is 1. The molecule has 0 radical (unpaired) electrons. The van der Waals surface area contributed by atoms with E-state index in [1.807, 2.05) is 13.2 Å². The first-order valence-electron chi connectivity index (χ1n) is 7.03. The van der Waals surface area contributed by atoms with Gasteiger partial charge in [0.2, 0.25) is 5.91 Å². The summed E-state index contributed by atoms with van der Waals surface area (Å²) in [6.07, 6.45) is 10.6. The van der Waals surface area contributed by atoms with Crippen LogP contribution in [0.3, 0.4) is 0 Å².